The predicted octanol–water partition coefficient (Wildman–Crippen LogP) is 6.57. The minimum Gasteiger partial charge on any atom is -0.508 e. The fraction of sp³-hybridized carbons (Fsp3) is 0.200. The van der Waals surface area contributed by atoms with Crippen molar-refractivity contribution in [3.8, 4) is 11.5 Å². The number of carboxylic acids is 4. The summed E-state index contributed by atoms with van der Waals surface area (Å²) in [6.07, 6.45) is 0.823. The highest BCUT2D eigenvalue weighted by Crippen LogP contribution is 2.33. The highest BCUT2D eigenvalue weighted by Gasteiger charge is 2.23. The number of aliphatic carboxylic acids is 2. The first-order valence-electron chi connectivity index (χ1n) is 16.6. The molecule has 0 aliphatic rings. The Morgan fingerprint density at radius 1 is 0.615 bits per heavy atom. The van der Waals surface area contributed by atoms with Gasteiger partial charge in [-0.15, -0.1) is 0 Å². The normalized spacial score (nSPS) is 11.0. The zero-order valence-electron chi connectivity index (χ0n) is 28.5. The fourth-order valence-electron chi connectivity index (χ4n) is 6.77. The van der Waals surface area contributed by atoms with E-state index in [1.807, 2.05) is 35.1 Å². The van der Waals surface area contributed by atoms with E-state index in [9.17, 15) is 49.8 Å². The first-order chi connectivity index (χ1) is 24.8. The minimum absolute atomic E-state index is 0.117. The summed E-state index contributed by atoms with van der Waals surface area (Å²) in [6.45, 7) is 4.62. The van der Waals surface area contributed by atoms with E-state index in [1.165, 1.54) is 18.2 Å². The number of carbonyl (C=O) groups is 4. The third kappa shape index (κ3) is 7.60. The van der Waals surface area contributed by atoms with Crippen LogP contribution in [0.3, 0.4) is 0 Å². The van der Waals surface area contributed by atoms with Crippen molar-refractivity contribution in [1.82, 2.24) is 9.13 Å². The van der Waals surface area contributed by atoms with Gasteiger partial charge in [-0.1, -0.05) is 56.3 Å². The second-order valence-electron chi connectivity index (χ2n) is 12.2. The SMILES string of the molecule is CCc1c(CC(=O)O)c2cc(C(=O)O)ccc2n1Cc1ccccc1O.CCc1c(CC(=O)O)c2cccc(C(=O)O)c2n1Cc1ccc(O)cc1. The van der Waals surface area contributed by atoms with Crippen molar-refractivity contribution in [3.63, 3.8) is 0 Å². The molecule has 268 valence electrons. The summed E-state index contributed by atoms with van der Waals surface area (Å²) in [5, 5.41) is 58.3. The summed E-state index contributed by atoms with van der Waals surface area (Å²) in [6, 6.07) is 23.3. The topological polar surface area (TPSA) is 200 Å². The molecule has 12 heteroatoms. The Kier molecular flexibility index (Phi) is 11.0. The Bertz CT molecular complexity index is 2320. The molecule has 0 spiro atoms. The molecule has 2 aromatic heterocycles. The van der Waals surface area contributed by atoms with Gasteiger partial charge in [0, 0.05) is 39.8 Å². The van der Waals surface area contributed by atoms with Crippen molar-refractivity contribution in [2.75, 3.05) is 0 Å². The van der Waals surface area contributed by atoms with Crippen LogP contribution < -0.4 is 0 Å². The quantitative estimate of drug-likeness (QED) is 0.0809. The van der Waals surface area contributed by atoms with Crippen LogP contribution in [0.5, 0.6) is 11.5 Å². The molecule has 6 N–H and O–H groups in total. The second-order valence-corrected chi connectivity index (χ2v) is 12.2. The summed E-state index contributed by atoms with van der Waals surface area (Å²) in [5.41, 5.74) is 6.05. The maximum Gasteiger partial charge on any atom is 0.337 e. The molecule has 0 unspecified atom stereocenters. The first kappa shape index (κ1) is 36.7. The van der Waals surface area contributed by atoms with E-state index in [-0.39, 0.29) is 35.5 Å². The van der Waals surface area contributed by atoms with Gasteiger partial charge in [-0.3, -0.25) is 9.59 Å². The van der Waals surface area contributed by atoms with Gasteiger partial charge < -0.3 is 39.8 Å². The molecule has 12 nitrogen and oxygen atoms in total. The average molecular weight is 707 g/mol. The molecule has 0 radical (unpaired) electrons. The van der Waals surface area contributed by atoms with Crippen molar-refractivity contribution in [3.05, 3.63) is 130 Å². The molecule has 0 fully saturated rings. The smallest absolute Gasteiger partial charge is 0.337 e. The number of para-hydroxylation sites is 2. The van der Waals surface area contributed by atoms with Gasteiger partial charge in [0.05, 0.1) is 36.0 Å². The van der Waals surface area contributed by atoms with Crippen LogP contribution in [0.1, 0.15) is 68.2 Å². The molecule has 0 aliphatic carbocycles. The Hall–Kier alpha value is -6.56. The highest BCUT2D eigenvalue weighted by atomic mass is 16.4. The number of aromatic carboxylic acids is 2. The molecule has 6 rings (SSSR count). The van der Waals surface area contributed by atoms with Gasteiger partial charge >= 0.3 is 23.9 Å². The summed E-state index contributed by atoms with van der Waals surface area (Å²) in [4.78, 5) is 45.8. The van der Waals surface area contributed by atoms with Gasteiger partial charge in [0.2, 0.25) is 0 Å². The summed E-state index contributed by atoms with van der Waals surface area (Å²) in [5.74, 6) is -3.71. The predicted molar refractivity (Wildman–Crippen MR) is 194 cm³/mol. The minimum atomic E-state index is -1.06. The molecular formula is C40H38N2O10. The van der Waals surface area contributed by atoms with E-state index in [0.29, 0.717) is 58.9 Å². The lowest BCUT2D eigenvalue weighted by Gasteiger charge is -2.12. The largest absolute Gasteiger partial charge is 0.508 e. The van der Waals surface area contributed by atoms with Crippen molar-refractivity contribution >= 4 is 45.7 Å². The summed E-state index contributed by atoms with van der Waals surface area (Å²) >= 11 is 0. The zero-order valence-corrected chi connectivity index (χ0v) is 28.5. The van der Waals surface area contributed by atoms with Crippen molar-refractivity contribution in [2.45, 2.75) is 52.6 Å². The van der Waals surface area contributed by atoms with Crippen LogP contribution >= 0.6 is 0 Å². The van der Waals surface area contributed by atoms with Crippen molar-refractivity contribution < 1.29 is 49.8 Å². The fourth-order valence-corrected chi connectivity index (χ4v) is 6.77. The Labute approximate surface area is 298 Å². The standard InChI is InChI=1S/2C20H19NO5/c1-2-17-16(10-18(23)24)14-4-3-5-15(20(25)26)19(14)21(17)11-12-6-8-13(22)9-7-12;1-2-16-15(10-19(23)24)14-9-12(20(25)26)7-8-17(14)21(16)11-13-5-3-4-6-18(13)22/h2*3-9,22H,2,10-11H2,1H3,(H,23,24)(H,25,26). The van der Waals surface area contributed by atoms with Gasteiger partial charge in [0.1, 0.15) is 11.5 Å². The molecule has 4 aromatic carbocycles. The van der Waals surface area contributed by atoms with Gasteiger partial charge in [-0.05, 0) is 72.0 Å². The van der Waals surface area contributed by atoms with Gasteiger partial charge in [-0.2, -0.15) is 0 Å². The Morgan fingerprint density at radius 3 is 1.81 bits per heavy atom. The number of aromatic hydroxyl groups is 2. The molecule has 0 saturated carbocycles. The average Bonchev–Trinajstić information content (AvgIpc) is 3.56. The van der Waals surface area contributed by atoms with Crippen LogP contribution in [0.4, 0.5) is 0 Å². The monoisotopic (exact) mass is 706 g/mol. The van der Waals surface area contributed by atoms with E-state index >= 15 is 0 Å². The molecular weight excluding hydrogens is 668 g/mol. The molecule has 6 aromatic rings. The molecule has 0 atom stereocenters. The van der Waals surface area contributed by atoms with Gasteiger partial charge in [0.25, 0.3) is 0 Å². The number of hydrogen-bond acceptors (Lipinski definition) is 6. The van der Waals surface area contributed by atoms with E-state index in [2.05, 4.69) is 0 Å². The summed E-state index contributed by atoms with van der Waals surface area (Å²) in [7, 11) is 0. The molecule has 0 amide bonds. The van der Waals surface area contributed by atoms with Gasteiger partial charge in [-0.25, -0.2) is 9.59 Å². The molecule has 0 saturated heterocycles. The number of phenols is 2. The lowest BCUT2D eigenvalue weighted by atomic mass is 10.0. The van der Waals surface area contributed by atoms with Crippen LogP contribution in [-0.4, -0.2) is 63.7 Å². The van der Waals surface area contributed by atoms with E-state index < -0.39 is 23.9 Å². The number of nitrogens with zero attached hydrogens (tertiary/aromatic N) is 2. The Balaban J connectivity index is 0.000000201. The number of benzene rings is 4. The molecule has 2 heterocycles. The van der Waals surface area contributed by atoms with Gasteiger partial charge in [0.15, 0.2) is 0 Å². The van der Waals surface area contributed by atoms with Crippen molar-refractivity contribution in [1.29, 1.82) is 0 Å². The maximum absolute atomic E-state index is 11.7. The number of rotatable bonds is 12. The van der Waals surface area contributed by atoms with E-state index in [0.717, 1.165) is 22.5 Å². The number of carboxylic acid groups (broad SMARTS) is 4. The van der Waals surface area contributed by atoms with Crippen molar-refractivity contribution in [2.24, 2.45) is 0 Å². The van der Waals surface area contributed by atoms with Crippen LogP contribution in [0, 0.1) is 0 Å². The van der Waals surface area contributed by atoms with E-state index in [4.69, 9.17) is 0 Å². The third-order valence-electron chi connectivity index (χ3n) is 8.99. The molecule has 52 heavy (non-hydrogen) atoms. The number of phenolic OH excluding ortho intramolecular Hbond substituents is 2. The molecule has 0 aliphatic heterocycles. The van der Waals surface area contributed by atoms with Crippen LogP contribution in [0.2, 0.25) is 0 Å². The first-order valence-corrected chi connectivity index (χ1v) is 16.6. The number of aromatic nitrogens is 2. The number of hydrogen-bond donors (Lipinski definition) is 6. The Morgan fingerprint density at radius 2 is 1.23 bits per heavy atom. The lowest BCUT2D eigenvalue weighted by molar-refractivity contribution is -0.137. The second kappa shape index (κ2) is 15.5. The van der Waals surface area contributed by atoms with Crippen LogP contribution in [0.25, 0.3) is 21.8 Å². The highest BCUT2D eigenvalue weighted by molar-refractivity contribution is 6.04. The van der Waals surface area contributed by atoms with E-state index in [1.54, 1.807) is 54.6 Å². The third-order valence-corrected chi connectivity index (χ3v) is 8.99. The number of fused-ring (bicyclic) bond motifs is 2. The van der Waals surface area contributed by atoms with Crippen LogP contribution in [0.15, 0.2) is 84.9 Å². The maximum atomic E-state index is 11.7. The molecule has 0 bridgehead atoms. The lowest BCUT2D eigenvalue weighted by Crippen LogP contribution is -2.09. The zero-order chi connectivity index (χ0) is 37.7. The van der Waals surface area contributed by atoms with Crippen LogP contribution in [-0.2, 0) is 48.4 Å². The summed E-state index contributed by atoms with van der Waals surface area (Å²) < 4.78 is 3.83.